The van der Waals surface area contributed by atoms with Gasteiger partial charge in [0.1, 0.15) is 0 Å². The first-order valence-corrected chi connectivity index (χ1v) is 11.3. The fourth-order valence-corrected chi connectivity index (χ4v) is 5.79. The lowest BCUT2D eigenvalue weighted by Crippen LogP contribution is -2.47. The lowest BCUT2D eigenvalue weighted by Gasteiger charge is -2.41. The van der Waals surface area contributed by atoms with Gasteiger partial charge in [0.05, 0.1) is 0 Å². The molecule has 0 amide bonds. The summed E-state index contributed by atoms with van der Waals surface area (Å²) in [5, 5.41) is 6.39. The molecule has 2 fully saturated rings. The second-order valence-corrected chi connectivity index (χ2v) is 8.67. The summed E-state index contributed by atoms with van der Waals surface area (Å²) >= 11 is 0. The molecule has 3 heteroatoms. The standard InChI is InChI=1S/C25H33N3/c1-2-28-23-11-7-6-10-21(23)22-18-20(12-13-24(22)28)25(19-8-4-3-5-9-19)27-16-14-26-15-17-27/h6-7,10-13,18-19,25-26H,2-5,8-9,14-17H2,1H3/t25-/m0/s1. The Hall–Kier alpha value is -1.84. The van der Waals surface area contributed by atoms with E-state index >= 15 is 0 Å². The van der Waals surface area contributed by atoms with E-state index in [9.17, 15) is 0 Å². The number of nitrogens with zero attached hydrogens (tertiary/aromatic N) is 2. The quantitative estimate of drug-likeness (QED) is 0.664. The maximum absolute atomic E-state index is 3.54. The summed E-state index contributed by atoms with van der Waals surface area (Å²) in [6.45, 7) is 7.88. The highest BCUT2D eigenvalue weighted by atomic mass is 15.2. The topological polar surface area (TPSA) is 20.2 Å². The molecule has 3 nitrogen and oxygen atoms in total. The van der Waals surface area contributed by atoms with Crippen LogP contribution in [0.5, 0.6) is 0 Å². The number of aromatic nitrogens is 1. The van der Waals surface area contributed by atoms with Crippen molar-refractivity contribution in [2.75, 3.05) is 26.2 Å². The molecular weight excluding hydrogens is 342 g/mol. The molecule has 2 aromatic carbocycles. The second kappa shape index (κ2) is 7.88. The van der Waals surface area contributed by atoms with Crippen LogP contribution in [0.2, 0.25) is 0 Å². The largest absolute Gasteiger partial charge is 0.341 e. The van der Waals surface area contributed by atoms with Gasteiger partial charge in [0.15, 0.2) is 0 Å². The van der Waals surface area contributed by atoms with Crippen LogP contribution in [0.15, 0.2) is 42.5 Å². The number of hydrogen-bond donors (Lipinski definition) is 1. The fourth-order valence-electron chi connectivity index (χ4n) is 5.79. The summed E-state index contributed by atoms with van der Waals surface area (Å²) in [4.78, 5) is 2.77. The van der Waals surface area contributed by atoms with Crippen molar-refractivity contribution in [3.63, 3.8) is 0 Å². The number of nitrogens with one attached hydrogen (secondary N) is 1. The van der Waals surface area contributed by atoms with E-state index in [0.717, 1.165) is 25.6 Å². The van der Waals surface area contributed by atoms with Crippen molar-refractivity contribution in [1.29, 1.82) is 0 Å². The zero-order valence-corrected chi connectivity index (χ0v) is 17.2. The first-order chi connectivity index (χ1) is 13.9. The number of hydrogen-bond acceptors (Lipinski definition) is 2. The third-order valence-electron chi connectivity index (χ3n) is 7.10. The van der Waals surface area contributed by atoms with Crippen LogP contribution in [0.3, 0.4) is 0 Å². The zero-order chi connectivity index (χ0) is 18.9. The molecule has 28 heavy (non-hydrogen) atoms. The Morgan fingerprint density at radius 2 is 1.68 bits per heavy atom. The minimum Gasteiger partial charge on any atom is -0.341 e. The first kappa shape index (κ1) is 18.2. The maximum atomic E-state index is 3.54. The Labute approximate surface area is 168 Å². The zero-order valence-electron chi connectivity index (χ0n) is 17.2. The molecule has 2 heterocycles. The lowest BCUT2D eigenvalue weighted by atomic mass is 9.80. The predicted octanol–water partition coefficient (Wildman–Crippen LogP) is 5.34. The monoisotopic (exact) mass is 375 g/mol. The van der Waals surface area contributed by atoms with Crippen molar-refractivity contribution in [2.45, 2.75) is 51.6 Å². The fraction of sp³-hybridized carbons (Fsp3) is 0.520. The summed E-state index contributed by atoms with van der Waals surface area (Å²) in [7, 11) is 0. The summed E-state index contributed by atoms with van der Waals surface area (Å²) < 4.78 is 2.47. The van der Waals surface area contributed by atoms with Gasteiger partial charge in [-0.2, -0.15) is 0 Å². The summed E-state index contributed by atoms with van der Waals surface area (Å²) in [6.07, 6.45) is 7.02. The van der Waals surface area contributed by atoms with Gasteiger partial charge < -0.3 is 9.88 Å². The molecule has 0 unspecified atom stereocenters. The van der Waals surface area contributed by atoms with Gasteiger partial charge in [-0.1, -0.05) is 43.5 Å². The van der Waals surface area contributed by atoms with Crippen LogP contribution in [0.25, 0.3) is 21.8 Å². The van der Waals surface area contributed by atoms with Gasteiger partial charge in [-0.15, -0.1) is 0 Å². The maximum Gasteiger partial charge on any atom is 0.0491 e. The van der Waals surface area contributed by atoms with Crippen LogP contribution in [0.1, 0.15) is 50.6 Å². The summed E-state index contributed by atoms with van der Waals surface area (Å²) in [5.41, 5.74) is 4.30. The number of fused-ring (bicyclic) bond motifs is 3. The van der Waals surface area contributed by atoms with E-state index in [1.54, 1.807) is 5.56 Å². The highest BCUT2D eigenvalue weighted by Crippen LogP contribution is 2.40. The van der Waals surface area contributed by atoms with Crippen molar-refractivity contribution in [3.8, 4) is 0 Å². The summed E-state index contributed by atoms with van der Waals surface area (Å²) in [6, 6.07) is 16.9. The third kappa shape index (κ3) is 3.15. The number of rotatable bonds is 4. The van der Waals surface area contributed by atoms with Crippen LogP contribution in [0.4, 0.5) is 0 Å². The molecule has 0 radical (unpaired) electrons. The minimum absolute atomic E-state index is 0.579. The molecule has 1 aliphatic carbocycles. The molecule has 0 bridgehead atoms. The highest BCUT2D eigenvalue weighted by molar-refractivity contribution is 6.08. The number of para-hydroxylation sites is 1. The molecule has 1 aromatic heterocycles. The van der Waals surface area contributed by atoms with E-state index in [2.05, 4.69) is 64.2 Å². The number of aryl methyl sites for hydroxylation is 1. The van der Waals surface area contributed by atoms with Crippen LogP contribution in [-0.2, 0) is 6.54 Å². The molecule has 1 N–H and O–H groups in total. The van der Waals surface area contributed by atoms with Crippen molar-refractivity contribution < 1.29 is 0 Å². The highest BCUT2D eigenvalue weighted by Gasteiger charge is 2.31. The van der Waals surface area contributed by atoms with Crippen molar-refractivity contribution in [1.82, 2.24) is 14.8 Å². The van der Waals surface area contributed by atoms with E-state index in [4.69, 9.17) is 0 Å². The molecule has 2 aliphatic rings. The Kier molecular flexibility index (Phi) is 5.13. The average Bonchev–Trinajstić information content (AvgIpc) is 3.09. The van der Waals surface area contributed by atoms with Crippen LogP contribution in [-0.4, -0.2) is 35.6 Å². The SMILES string of the molecule is CCn1c2ccccc2c2cc([C@H](C3CCCCC3)N3CCNCC3)ccc21. The van der Waals surface area contributed by atoms with Gasteiger partial charge in [-0.05, 0) is 49.4 Å². The Bertz CT molecular complexity index is 927. The van der Waals surface area contributed by atoms with E-state index in [1.807, 2.05) is 0 Å². The molecule has 5 rings (SSSR count). The van der Waals surface area contributed by atoms with Gasteiger partial charge in [-0.25, -0.2) is 0 Å². The van der Waals surface area contributed by atoms with Gasteiger partial charge in [0.2, 0.25) is 0 Å². The molecule has 3 aromatic rings. The van der Waals surface area contributed by atoms with Gasteiger partial charge in [-0.3, -0.25) is 4.90 Å². The second-order valence-electron chi connectivity index (χ2n) is 8.67. The Morgan fingerprint density at radius 3 is 2.46 bits per heavy atom. The van der Waals surface area contributed by atoms with Crippen molar-refractivity contribution in [2.24, 2.45) is 5.92 Å². The molecule has 1 saturated heterocycles. The predicted molar refractivity (Wildman–Crippen MR) is 119 cm³/mol. The Morgan fingerprint density at radius 1 is 0.929 bits per heavy atom. The average molecular weight is 376 g/mol. The van der Waals surface area contributed by atoms with E-state index in [0.29, 0.717) is 6.04 Å². The molecule has 1 saturated carbocycles. The number of piperazine rings is 1. The van der Waals surface area contributed by atoms with Crippen LogP contribution in [0, 0.1) is 5.92 Å². The molecular formula is C25H33N3. The summed E-state index contributed by atoms with van der Waals surface area (Å²) in [5.74, 6) is 0.809. The molecule has 0 spiro atoms. The van der Waals surface area contributed by atoms with Gasteiger partial charge in [0, 0.05) is 60.6 Å². The smallest absolute Gasteiger partial charge is 0.0491 e. The van der Waals surface area contributed by atoms with Crippen LogP contribution < -0.4 is 5.32 Å². The van der Waals surface area contributed by atoms with Crippen LogP contribution >= 0.6 is 0 Å². The van der Waals surface area contributed by atoms with Gasteiger partial charge >= 0.3 is 0 Å². The third-order valence-corrected chi connectivity index (χ3v) is 7.10. The number of benzene rings is 2. The normalized spacial score (nSPS) is 20.8. The van der Waals surface area contributed by atoms with Gasteiger partial charge in [0.25, 0.3) is 0 Å². The first-order valence-electron chi connectivity index (χ1n) is 11.3. The van der Waals surface area contributed by atoms with E-state index in [1.165, 1.54) is 67.0 Å². The molecule has 1 aliphatic heterocycles. The van der Waals surface area contributed by atoms with E-state index < -0.39 is 0 Å². The lowest BCUT2D eigenvalue weighted by molar-refractivity contribution is 0.103. The van der Waals surface area contributed by atoms with Crippen molar-refractivity contribution >= 4 is 21.8 Å². The molecule has 148 valence electrons. The van der Waals surface area contributed by atoms with E-state index in [-0.39, 0.29) is 0 Å². The molecule has 1 atom stereocenters. The minimum atomic E-state index is 0.579. The van der Waals surface area contributed by atoms with Crippen molar-refractivity contribution in [3.05, 3.63) is 48.0 Å². The Balaban J connectivity index is 1.62.